The molecule has 37 heavy (non-hydrogen) atoms. The smallest absolute Gasteiger partial charge is 0.311 e. The maximum Gasteiger partial charge on any atom is 0.311 e. The van der Waals surface area contributed by atoms with Crippen molar-refractivity contribution in [3.63, 3.8) is 0 Å². The van der Waals surface area contributed by atoms with Gasteiger partial charge in [0.1, 0.15) is 0 Å². The highest BCUT2D eigenvalue weighted by atomic mass is 16.7. The van der Waals surface area contributed by atoms with Crippen molar-refractivity contribution in [2.24, 2.45) is 64.6 Å². The summed E-state index contributed by atoms with van der Waals surface area (Å²) in [5, 5.41) is 0. The fourth-order valence-corrected chi connectivity index (χ4v) is 11.1. The third kappa shape index (κ3) is 4.57. The van der Waals surface area contributed by atoms with Crippen molar-refractivity contribution in [3.05, 3.63) is 0 Å². The van der Waals surface area contributed by atoms with Crippen molar-refractivity contribution in [1.82, 2.24) is 0 Å². The molecule has 8 aliphatic carbocycles. The Morgan fingerprint density at radius 3 is 2.00 bits per heavy atom. The molecule has 0 aromatic carbocycles. The first-order chi connectivity index (χ1) is 17.6. The number of methoxy groups -OCH3 is 1. The van der Waals surface area contributed by atoms with Gasteiger partial charge >= 0.3 is 11.9 Å². The van der Waals surface area contributed by atoms with Crippen LogP contribution >= 0.6 is 0 Å². The van der Waals surface area contributed by atoms with Crippen molar-refractivity contribution < 1.29 is 23.8 Å². The summed E-state index contributed by atoms with van der Waals surface area (Å²) in [4.78, 5) is 24.0. The summed E-state index contributed by atoms with van der Waals surface area (Å²) < 4.78 is 17.1. The number of fused-ring (bicyclic) bond motifs is 9. The van der Waals surface area contributed by atoms with Crippen LogP contribution in [-0.2, 0) is 23.8 Å². The van der Waals surface area contributed by atoms with Gasteiger partial charge in [-0.2, -0.15) is 0 Å². The van der Waals surface area contributed by atoms with Crippen molar-refractivity contribution in [1.29, 1.82) is 0 Å². The Hall–Kier alpha value is -1.10. The van der Waals surface area contributed by atoms with E-state index in [-0.39, 0.29) is 35.2 Å². The third-order valence-electron chi connectivity index (χ3n) is 12.3. The van der Waals surface area contributed by atoms with Gasteiger partial charge < -0.3 is 14.2 Å². The van der Waals surface area contributed by atoms with E-state index in [1.165, 1.54) is 71.3 Å². The first kappa shape index (κ1) is 26.1. The summed E-state index contributed by atoms with van der Waals surface area (Å²) in [6.07, 6.45) is 15.2. The Labute approximate surface area is 224 Å². The molecule has 8 atom stereocenters. The van der Waals surface area contributed by atoms with E-state index in [0.29, 0.717) is 5.92 Å². The average molecular weight is 515 g/mol. The fraction of sp³-hybridized carbons (Fsp3) is 0.938. The molecule has 8 bridgehead atoms. The number of hydrogen-bond acceptors (Lipinski definition) is 5. The first-order valence-corrected chi connectivity index (χ1v) is 15.6. The molecule has 5 nitrogen and oxygen atoms in total. The largest absolute Gasteiger partial charge is 0.469 e. The lowest BCUT2D eigenvalue weighted by atomic mass is 9.54. The van der Waals surface area contributed by atoms with E-state index in [1.54, 1.807) is 0 Å². The highest BCUT2D eigenvalue weighted by molar-refractivity contribution is 5.75. The van der Waals surface area contributed by atoms with Crippen LogP contribution in [0.5, 0.6) is 0 Å². The monoisotopic (exact) mass is 514 g/mol. The molecule has 8 saturated carbocycles. The molecule has 0 aliphatic heterocycles. The number of carbonyl (C=O) groups is 2. The summed E-state index contributed by atoms with van der Waals surface area (Å²) in [5.74, 6) is 7.93. The van der Waals surface area contributed by atoms with Crippen LogP contribution < -0.4 is 0 Å². The Kier molecular flexibility index (Phi) is 6.73. The van der Waals surface area contributed by atoms with Crippen LogP contribution in [0, 0.1) is 64.6 Å². The second-order valence-corrected chi connectivity index (χ2v) is 14.9. The van der Waals surface area contributed by atoms with Gasteiger partial charge in [-0.25, -0.2) is 0 Å². The van der Waals surface area contributed by atoms with E-state index in [4.69, 9.17) is 9.47 Å². The van der Waals surface area contributed by atoms with Crippen LogP contribution in [0.3, 0.4) is 0 Å². The van der Waals surface area contributed by atoms with E-state index in [1.807, 2.05) is 27.7 Å². The zero-order chi connectivity index (χ0) is 26.1. The van der Waals surface area contributed by atoms with Gasteiger partial charge in [-0.15, -0.1) is 0 Å². The first-order valence-electron chi connectivity index (χ1n) is 15.6. The van der Waals surface area contributed by atoms with E-state index in [2.05, 4.69) is 4.74 Å². The molecule has 8 rings (SSSR count). The minimum atomic E-state index is -0.362. The predicted molar refractivity (Wildman–Crippen MR) is 141 cm³/mol. The third-order valence-corrected chi connectivity index (χ3v) is 12.3. The average Bonchev–Trinajstić information content (AvgIpc) is 3.62. The molecular formula is C32H50O5. The normalized spacial score (nSPS) is 46.8. The van der Waals surface area contributed by atoms with Crippen molar-refractivity contribution in [2.45, 2.75) is 117 Å². The second-order valence-electron chi connectivity index (χ2n) is 14.9. The number of hydrogen-bond donors (Lipinski definition) is 0. The minimum absolute atomic E-state index is 0.0266. The fourth-order valence-electron chi connectivity index (χ4n) is 11.1. The van der Waals surface area contributed by atoms with Crippen molar-refractivity contribution in [2.75, 3.05) is 7.11 Å². The minimum Gasteiger partial charge on any atom is -0.469 e. The highest BCUT2D eigenvalue weighted by Crippen LogP contribution is 2.69. The van der Waals surface area contributed by atoms with Gasteiger partial charge in [0.15, 0.2) is 0 Å². The van der Waals surface area contributed by atoms with E-state index < -0.39 is 0 Å². The van der Waals surface area contributed by atoms with Crippen molar-refractivity contribution >= 4 is 11.9 Å². The van der Waals surface area contributed by atoms with Gasteiger partial charge in [0.2, 0.25) is 6.29 Å². The Bertz CT molecular complexity index is 858. The Morgan fingerprint density at radius 2 is 1.46 bits per heavy atom. The van der Waals surface area contributed by atoms with Crippen LogP contribution in [0.1, 0.15) is 105 Å². The molecule has 0 aromatic rings. The summed E-state index contributed by atoms with van der Waals surface area (Å²) in [6.45, 7) is 7.71. The molecule has 208 valence electrons. The van der Waals surface area contributed by atoms with Gasteiger partial charge in [-0.05, 0) is 151 Å². The molecule has 0 aromatic heterocycles. The molecule has 8 aliphatic rings. The van der Waals surface area contributed by atoms with Crippen LogP contribution in [-0.4, -0.2) is 30.9 Å². The maximum atomic E-state index is 13.1. The number of esters is 2. The lowest BCUT2D eigenvalue weighted by molar-refractivity contribution is -0.247. The summed E-state index contributed by atoms with van der Waals surface area (Å²) >= 11 is 0. The van der Waals surface area contributed by atoms with E-state index in [9.17, 15) is 9.59 Å². The molecule has 0 radical (unpaired) electrons. The van der Waals surface area contributed by atoms with Gasteiger partial charge in [0.25, 0.3) is 0 Å². The molecule has 8 unspecified atom stereocenters. The summed E-state index contributed by atoms with van der Waals surface area (Å²) in [7, 11) is 1.42. The van der Waals surface area contributed by atoms with Crippen LogP contribution in [0.2, 0.25) is 0 Å². The van der Waals surface area contributed by atoms with Gasteiger partial charge in [0, 0.05) is 0 Å². The van der Waals surface area contributed by atoms with E-state index >= 15 is 0 Å². The molecule has 0 saturated heterocycles. The Morgan fingerprint density at radius 1 is 0.865 bits per heavy atom. The highest BCUT2D eigenvalue weighted by Gasteiger charge is 2.63. The van der Waals surface area contributed by atoms with E-state index in [0.717, 1.165) is 60.2 Å². The predicted octanol–water partition coefficient (Wildman–Crippen LogP) is 6.77. The molecule has 5 heteroatoms. The second kappa shape index (κ2) is 9.52. The number of ether oxygens (including phenoxy) is 3. The molecule has 0 N–H and O–H groups in total. The van der Waals surface area contributed by atoms with Crippen LogP contribution in [0.15, 0.2) is 0 Å². The molecule has 8 fully saturated rings. The molecule has 0 heterocycles. The van der Waals surface area contributed by atoms with Crippen molar-refractivity contribution in [3.8, 4) is 0 Å². The van der Waals surface area contributed by atoms with Gasteiger partial charge in [-0.1, -0.05) is 6.92 Å². The number of carbonyl (C=O) groups excluding carboxylic acids is 2. The topological polar surface area (TPSA) is 61.8 Å². The zero-order valence-corrected chi connectivity index (χ0v) is 23.9. The quantitative estimate of drug-likeness (QED) is 0.222. The van der Waals surface area contributed by atoms with Crippen LogP contribution in [0.25, 0.3) is 0 Å². The van der Waals surface area contributed by atoms with Crippen LogP contribution in [0.4, 0.5) is 0 Å². The van der Waals surface area contributed by atoms with Gasteiger partial charge in [0.05, 0.1) is 24.0 Å². The Balaban J connectivity index is 0.000000244. The maximum absolute atomic E-state index is 13.1. The lowest BCUT2D eigenvalue weighted by Gasteiger charge is -2.56. The SMILES string of the molecule is CC(OC(=O)C1CC2CC1C1C3CCC(C3)C21)OC12CC3CC(CC(C3)C1)C2.CCC(C)(C)C(=O)OC. The lowest BCUT2D eigenvalue weighted by Crippen LogP contribution is -2.53. The summed E-state index contributed by atoms with van der Waals surface area (Å²) in [5.41, 5.74) is -0.284. The van der Waals surface area contributed by atoms with Gasteiger partial charge in [-0.3, -0.25) is 9.59 Å². The molecule has 0 spiro atoms. The standard InChI is InChI=1S/C25H36O3.C7H14O2/c1-13(28-25-10-14-4-15(11-25)6-16(5-14)12-25)27-24(26)21-9-19-8-20(21)23-18-3-2-17(7-18)22(19)23;1-5-7(2,3)6(8)9-4/h13-23H,2-12H2,1H3;5H2,1-4H3. The molecular weight excluding hydrogens is 464 g/mol. The zero-order valence-electron chi connectivity index (χ0n) is 23.9. The number of rotatable bonds is 6. The summed E-state index contributed by atoms with van der Waals surface area (Å²) in [6, 6.07) is 0. The molecule has 0 amide bonds.